The topological polar surface area (TPSA) is 110 Å². The first-order valence-electron chi connectivity index (χ1n) is 10.1. The van der Waals surface area contributed by atoms with Gasteiger partial charge in [0.2, 0.25) is 11.9 Å². The van der Waals surface area contributed by atoms with E-state index in [9.17, 15) is 4.79 Å². The van der Waals surface area contributed by atoms with E-state index in [1.807, 2.05) is 38.1 Å². The number of thioether (sulfide) groups is 1. The van der Waals surface area contributed by atoms with Crippen LogP contribution in [0.15, 0.2) is 56.9 Å². The van der Waals surface area contributed by atoms with Gasteiger partial charge < -0.3 is 4.42 Å². The molecule has 0 saturated heterocycles. The van der Waals surface area contributed by atoms with Gasteiger partial charge in [-0.15, -0.1) is 0 Å². The molecule has 5 aromatic rings. The third-order valence-electron chi connectivity index (χ3n) is 4.97. The first-order valence-corrected chi connectivity index (χ1v) is 11.0. The molecule has 160 valence electrons. The molecule has 0 atom stereocenters. The van der Waals surface area contributed by atoms with Gasteiger partial charge >= 0.3 is 0 Å². The molecule has 3 heterocycles. The Labute approximate surface area is 187 Å². The number of rotatable bonds is 5. The van der Waals surface area contributed by atoms with Crippen LogP contribution in [0.4, 0.5) is 11.9 Å². The first-order chi connectivity index (χ1) is 15.4. The van der Waals surface area contributed by atoms with Gasteiger partial charge in [0.05, 0.1) is 16.9 Å². The Balaban J connectivity index is 1.39. The van der Waals surface area contributed by atoms with E-state index in [-0.39, 0.29) is 11.5 Å². The number of hydrogen-bond acceptors (Lipinski definition) is 8. The summed E-state index contributed by atoms with van der Waals surface area (Å²) in [6.45, 7) is 6.02. The number of aryl methyl sites for hydroxylation is 3. The Morgan fingerprint density at radius 1 is 1.03 bits per heavy atom. The molecule has 9 heteroatoms. The van der Waals surface area contributed by atoms with Gasteiger partial charge in [-0.1, -0.05) is 35.5 Å². The lowest BCUT2D eigenvalue weighted by atomic mass is 10.1. The molecule has 0 radical (unpaired) electrons. The number of oxazole rings is 1. The van der Waals surface area contributed by atoms with E-state index >= 15 is 0 Å². The first kappa shape index (κ1) is 20.2. The van der Waals surface area contributed by atoms with Crippen molar-refractivity contribution in [1.82, 2.24) is 24.9 Å². The summed E-state index contributed by atoms with van der Waals surface area (Å²) in [4.78, 5) is 33.0. The maximum absolute atomic E-state index is 12.2. The second-order valence-corrected chi connectivity index (χ2v) is 8.48. The van der Waals surface area contributed by atoms with Gasteiger partial charge in [0, 0.05) is 17.2 Å². The Morgan fingerprint density at radius 3 is 2.72 bits per heavy atom. The highest BCUT2D eigenvalue weighted by molar-refractivity contribution is 7.98. The summed E-state index contributed by atoms with van der Waals surface area (Å²) >= 11 is 1.38. The zero-order chi connectivity index (χ0) is 22.2. The van der Waals surface area contributed by atoms with Gasteiger partial charge in [-0.25, -0.2) is 19.9 Å². The number of H-pyrrole nitrogens is 1. The number of nitrogens with zero attached hydrogens (tertiary/aromatic N) is 4. The summed E-state index contributed by atoms with van der Waals surface area (Å²) in [5, 5.41) is 4.58. The van der Waals surface area contributed by atoms with Crippen molar-refractivity contribution in [3.05, 3.63) is 75.3 Å². The number of aromatic amines is 1. The fourth-order valence-electron chi connectivity index (χ4n) is 3.59. The number of fused-ring (bicyclic) bond motifs is 2. The third-order valence-corrected chi connectivity index (χ3v) is 5.83. The third kappa shape index (κ3) is 4.06. The Hall–Kier alpha value is -3.72. The van der Waals surface area contributed by atoms with Crippen LogP contribution in [-0.2, 0) is 5.75 Å². The molecule has 0 bridgehead atoms. The molecular weight excluding hydrogens is 424 g/mol. The zero-order valence-electron chi connectivity index (χ0n) is 17.8. The summed E-state index contributed by atoms with van der Waals surface area (Å²) in [6.07, 6.45) is 0. The lowest BCUT2D eigenvalue weighted by Crippen LogP contribution is -2.13. The van der Waals surface area contributed by atoms with Gasteiger partial charge in [-0.05, 0) is 44.5 Å². The molecule has 2 aromatic carbocycles. The molecule has 0 aliphatic heterocycles. The molecular formula is C23H20N6O2S. The van der Waals surface area contributed by atoms with Crippen LogP contribution in [-0.4, -0.2) is 24.9 Å². The lowest BCUT2D eigenvalue weighted by molar-refractivity contribution is 0.489. The van der Waals surface area contributed by atoms with Gasteiger partial charge in [-0.2, -0.15) is 0 Å². The molecule has 0 aliphatic carbocycles. The summed E-state index contributed by atoms with van der Waals surface area (Å²) in [5.74, 6) is 1.10. The van der Waals surface area contributed by atoms with Crippen molar-refractivity contribution < 1.29 is 4.42 Å². The molecule has 8 nitrogen and oxygen atoms in total. The number of benzene rings is 2. The van der Waals surface area contributed by atoms with Crippen molar-refractivity contribution >= 4 is 45.7 Å². The van der Waals surface area contributed by atoms with Crippen LogP contribution < -0.4 is 10.9 Å². The van der Waals surface area contributed by atoms with E-state index in [0.29, 0.717) is 22.6 Å². The molecule has 0 fully saturated rings. The Morgan fingerprint density at radius 2 is 1.88 bits per heavy atom. The predicted molar refractivity (Wildman–Crippen MR) is 125 cm³/mol. The van der Waals surface area contributed by atoms with Gasteiger partial charge in [-0.3, -0.25) is 15.1 Å². The smallest absolute Gasteiger partial charge is 0.257 e. The zero-order valence-corrected chi connectivity index (χ0v) is 18.6. The van der Waals surface area contributed by atoms with Crippen LogP contribution in [0.3, 0.4) is 0 Å². The minimum Gasteiger partial charge on any atom is -0.431 e. The highest BCUT2D eigenvalue weighted by Crippen LogP contribution is 2.26. The molecule has 2 N–H and O–H groups in total. The molecule has 32 heavy (non-hydrogen) atoms. The van der Waals surface area contributed by atoms with Crippen molar-refractivity contribution in [2.45, 2.75) is 31.7 Å². The van der Waals surface area contributed by atoms with Gasteiger partial charge in [0.15, 0.2) is 5.58 Å². The van der Waals surface area contributed by atoms with Crippen molar-refractivity contribution in [3.8, 4) is 0 Å². The van der Waals surface area contributed by atoms with Crippen LogP contribution in [0.25, 0.3) is 22.0 Å². The second-order valence-electron chi connectivity index (χ2n) is 7.56. The van der Waals surface area contributed by atoms with E-state index in [4.69, 9.17) is 4.42 Å². The molecule has 0 aliphatic rings. The molecule has 3 aromatic heterocycles. The monoisotopic (exact) mass is 444 g/mol. The summed E-state index contributed by atoms with van der Waals surface area (Å²) in [6, 6.07) is 13.2. The number of hydrogen-bond donors (Lipinski definition) is 2. The van der Waals surface area contributed by atoms with Crippen molar-refractivity contribution in [2.24, 2.45) is 0 Å². The Bertz CT molecular complexity index is 1490. The average Bonchev–Trinajstić information content (AvgIpc) is 3.16. The second kappa shape index (κ2) is 8.08. The summed E-state index contributed by atoms with van der Waals surface area (Å²) < 4.78 is 5.72. The highest BCUT2D eigenvalue weighted by Gasteiger charge is 2.11. The van der Waals surface area contributed by atoms with Crippen molar-refractivity contribution in [2.75, 3.05) is 5.32 Å². The van der Waals surface area contributed by atoms with E-state index in [1.165, 1.54) is 17.8 Å². The molecule has 0 amide bonds. The number of nitrogens with one attached hydrogen (secondary N) is 2. The maximum Gasteiger partial charge on any atom is 0.257 e. The van der Waals surface area contributed by atoms with Gasteiger partial charge in [0.25, 0.3) is 10.8 Å². The standard InChI is InChI=1S/C23H20N6O2S/c1-12-8-13(2)20-16(9-12)14(3)24-21(28-20)29-22-25-15(10-19(30)27-22)11-32-23-26-17-6-4-5-7-18(17)31-23/h4-10H,11H2,1-3H3,(H2,24,25,27,28,29,30). The maximum atomic E-state index is 12.2. The number of para-hydroxylation sites is 2. The number of aromatic nitrogens is 5. The fourth-order valence-corrected chi connectivity index (χ4v) is 4.32. The largest absolute Gasteiger partial charge is 0.431 e. The minimum absolute atomic E-state index is 0.264. The fraction of sp³-hybridized carbons (Fsp3) is 0.174. The van der Waals surface area contributed by atoms with E-state index in [2.05, 4.69) is 49.3 Å². The highest BCUT2D eigenvalue weighted by atomic mass is 32.2. The van der Waals surface area contributed by atoms with Gasteiger partial charge in [0.1, 0.15) is 5.52 Å². The van der Waals surface area contributed by atoms with Crippen LogP contribution in [0.5, 0.6) is 0 Å². The Kier molecular flexibility index (Phi) is 5.10. The molecule has 0 unspecified atom stereocenters. The number of anilines is 2. The molecule has 0 saturated carbocycles. The van der Waals surface area contributed by atoms with Crippen LogP contribution in [0.2, 0.25) is 0 Å². The van der Waals surface area contributed by atoms with E-state index < -0.39 is 0 Å². The normalized spacial score (nSPS) is 11.3. The lowest BCUT2D eigenvalue weighted by Gasteiger charge is -2.10. The molecule has 0 spiro atoms. The SMILES string of the molecule is Cc1cc(C)c2nc(Nc3nc(CSc4nc5ccccc5o4)cc(=O)[nH]3)nc(C)c2c1. The van der Waals surface area contributed by atoms with E-state index in [1.54, 1.807) is 0 Å². The average molecular weight is 445 g/mol. The van der Waals surface area contributed by atoms with Crippen molar-refractivity contribution in [1.29, 1.82) is 0 Å². The van der Waals surface area contributed by atoms with Crippen molar-refractivity contribution in [3.63, 3.8) is 0 Å². The predicted octanol–water partition coefficient (Wildman–Crippen LogP) is 4.82. The van der Waals surface area contributed by atoms with Crippen LogP contribution in [0, 0.1) is 20.8 Å². The van der Waals surface area contributed by atoms with Crippen LogP contribution in [0.1, 0.15) is 22.5 Å². The van der Waals surface area contributed by atoms with E-state index in [0.717, 1.165) is 38.8 Å². The summed E-state index contributed by atoms with van der Waals surface area (Å²) in [7, 11) is 0. The summed E-state index contributed by atoms with van der Waals surface area (Å²) in [5.41, 5.74) is 5.81. The van der Waals surface area contributed by atoms with Crippen LogP contribution >= 0.6 is 11.8 Å². The molecule has 5 rings (SSSR count). The minimum atomic E-state index is -0.264. The quantitative estimate of drug-likeness (QED) is 0.372.